The Hall–Kier alpha value is -0.180. The lowest BCUT2D eigenvalue weighted by Gasteiger charge is -2.02. The van der Waals surface area contributed by atoms with Crippen LogP contribution in [0.3, 0.4) is 0 Å². The molecule has 2 atom stereocenters. The lowest BCUT2D eigenvalue weighted by Crippen LogP contribution is -2.12. The summed E-state index contributed by atoms with van der Waals surface area (Å²) in [6.07, 6.45) is 4.05. The Kier molecular flexibility index (Phi) is 1.60. The minimum atomic E-state index is 0.646. The average molecular weight is 156 g/mol. The molecule has 0 aromatic heterocycles. The summed E-state index contributed by atoms with van der Waals surface area (Å²) in [5.74, 6) is 0. The zero-order valence-electron chi connectivity index (χ0n) is 6.13. The van der Waals surface area contributed by atoms with Crippen LogP contribution in [0.4, 0.5) is 0 Å². The van der Waals surface area contributed by atoms with Crippen molar-refractivity contribution in [3.8, 4) is 0 Å². The third-order valence-corrected chi connectivity index (χ3v) is 3.56. The van der Waals surface area contributed by atoms with Gasteiger partial charge >= 0.3 is 0 Å². The molecule has 1 saturated carbocycles. The zero-order chi connectivity index (χ0) is 6.97. The van der Waals surface area contributed by atoms with Crippen LogP contribution in [0.1, 0.15) is 19.3 Å². The van der Waals surface area contributed by atoms with Crippen LogP contribution < -0.4 is 5.32 Å². The van der Waals surface area contributed by atoms with Gasteiger partial charge in [-0.2, -0.15) is 0 Å². The van der Waals surface area contributed by atoms with Gasteiger partial charge in [0.25, 0.3) is 0 Å². The normalized spacial score (nSPS) is 37.5. The molecule has 0 saturated heterocycles. The molecule has 2 nitrogen and oxygen atoms in total. The average Bonchev–Trinajstić information content (AvgIpc) is 2.42. The fourth-order valence-electron chi connectivity index (χ4n) is 1.64. The maximum Gasteiger partial charge on any atom is 0.156 e. The predicted octanol–water partition coefficient (Wildman–Crippen LogP) is 1.23. The molecule has 0 amide bonds. The van der Waals surface area contributed by atoms with Crippen molar-refractivity contribution in [3.63, 3.8) is 0 Å². The van der Waals surface area contributed by atoms with Gasteiger partial charge in [-0.15, -0.1) is 0 Å². The maximum absolute atomic E-state index is 4.54. The quantitative estimate of drug-likeness (QED) is 0.570. The van der Waals surface area contributed by atoms with Crippen LogP contribution in [0.25, 0.3) is 0 Å². The Morgan fingerprint density at radius 1 is 1.60 bits per heavy atom. The summed E-state index contributed by atoms with van der Waals surface area (Å²) in [5, 5.41) is 5.06. The summed E-state index contributed by atoms with van der Waals surface area (Å²) in [7, 11) is 1.95. The van der Waals surface area contributed by atoms with E-state index in [0.29, 0.717) is 6.04 Å². The van der Waals surface area contributed by atoms with Gasteiger partial charge in [0.1, 0.15) is 0 Å². The number of fused-ring (bicyclic) bond motifs is 1. The molecule has 2 aliphatic rings. The van der Waals surface area contributed by atoms with Gasteiger partial charge in [0.2, 0.25) is 0 Å². The van der Waals surface area contributed by atoms with Crippen molar-refractivity contribution in [3.05, 3.63) is 0 Å². The van der Waals surface area contributed by atoms with Crippen molar-refractivity contribution < 1.29 is 0 Å². The molecule has 2 rings (SSSR count). The van der Waals surface area contributed by atoms with E-state index in [9.17, 15) is 0 Å². The highest BCUT2D eigenvalue weighted by atomic mass is 32.2. The minimum absolute atomic E-state index is 0.646. The molecule has 10 heavy (non-hydrogen) atoms. The second-order valence-electron chi connectivity index (χ2n) is 2.84. The standard InChI is InChI=1S/C7H12N2S/c1-8-7-9-5-3-2-4-6(5)10-7/h5-6H,2-4H2,1H3,(H,8,9). The lowest BCUT2D eigenvalue weighted by molar-refractivity contribution is 0.729. The molecular weight excluding hydrogens is 144 g/mol. The van der Waals surface area contributed by atoms with E-state index in [1.165, 1.54) is 19.3 Å². The molecule has 1 N–H and O–H groups in total. The van der Waals surface area contributed by atoms with Gasteiger partial charge < -0.3 is 5.32 Å². The monoisotopic (exact) mass is 156 g/mol. The molecular formula is C7H12N2S. The summed E-state index contributed by atoms with van der Waals surface area (Å²) < 4.78 is 0. The maximum atomic E-state index is 4.54. The smallest absolute Gasteiger partial charge is 0.156 e. The van der Waals surface area contributed by atoms with Crippen molar-refractivity contribution in [2.45, 2.75) is 30.6 Å². The van der Waals surface area contributed by atoms with E-state index >= 15 is 0 Å². The SMILES string of the molecule is CNC1=NC2CCCC2S1. The van der Waals surface area contributed by atoms with Crippen LogP contribution in [-0.4, -0.2) is 23.5 Å². The Morgan fingerprint density at radius 3 is 3.20 bits per heavy atom. The van der Waals surface area contributed by atoms with Gasteiger partial charge in [0, 0.05) is 12.3 Å². The molecule has 0 radical (unpaired) electrons. The summed E-state index contributed by atoms with van der Waals surface area (Å²) in [5.41, 5.74) is 0. The number of rotatable bonds is 0. The van der Waals surface area contributed by atoms with Crippen LogP contribution in [0, 0.1) is 0 Å². The van der Waals surface area contributed by atoms with Crippen LogP contribution in [0.2, 0.25) is 0 Å². The number of thioether (sulfide) groups is 1. The van der Waals surface area contributed by atoms with Gasteiger partial charge in [0.15, 0.2) is 5.17 Å². The van der Waals surface area contributed by atoms with Gasteiger partial charge in [-0.1, -0.05) is 18.2 Å². The van der Waals surface area contributed by atoms with E-state index in [2.05, 4.69) is 10.3 Å². The predicted molar refractivity (Wildman–Crippen MR) is 45.5 cm³/mol. The molecule has 56 valence electrons. The summed E-state index contributed by atoms with van der Waals surface area (Å²) in [6, 6.07) is 0.646. The molecule has 0 aromatic carbocycles. The molecule has 1 fully saturated rings. The van der Waals surface area contributed by atoms with Gasteiger partial charge in [-0.3, -0.25) is 4.99 Å². The summed E-state index contributed by atoms with van der Waals surface area (Å²) in [4.78, 5) is 4.54. The Labute approximate surface area is 65.5 Å². The fraction of sp³-hybridized carbons (Fsp3) is 0.857. The molecule has 0 spiro atoms. The molecule has 0 aromatic rings. The van der Waals surface area contributed by atoms with Crippen LogP contribution in [-0.2, 0) is 0 Å². The topological polar surface area (TPSA) is 24.4 Å². The van der Waals surface area contributed by atoms with E-state index in [1.807, 2.05) is 18.8 Å². The van der Waals surface area contributed by atoms with Crippen LogP contribution in [0.5, 0.6) is 0 Å². The van der Waals surface area contributed by atoms with Gasteiger partial charge in [-0.05, 0) is 12.8 Å². The first-order valence-corrected chi connectivity index (χ1v) is 4.70. The number of nitrogens with zero attached hydrogens (tertiary/aromatic N) is 1. The number of amidine groups is 1. The van der Waals surface area contributed by atoms with Crippen molar-refractivity contribution in [2.24, 2.45) is 4.99 Å². The van der Waals surface area contributed by atoms with E-state index in [1.54, 1.807) is 0 Å². The van der Waals surface area contributed by atoms with Crippen molar-refractivity contribution in [2.75, 3.05) is 7.05 Å². The molecule has 0 bridgehead atoms. The highest BCUT2D eigenvalue weighted by Gasteiger charge is 2.33. The van der Waals surface area contributed by atoms with E-state index in [4.69, 9.17) is 0 Å². The Morgan fingerprint density at radius 2 is 2.50 bits per heavy atom. The molecule has 1 aliphatic heterocycles. The molecule has 3 heteroatoms. The van der Waals surface area contributed by atoms with E-state index < -0.39 is 0 Å². The van der Waals surface area contributed by atoms with Crippen LogP contribution in [0.15, 0.2) is 4.99 Å². The second kappa shape index (κ2) is 2.46. The first kappa shape index (κ1) is 6.53. The second-order valence-corrected chi connectivity index (χ2v) is 4.07. The highest BCUT2D eigenvalue weighted by molar-refractivity contribution is 8.14. The first-order chi connectivity index (χ1) is 4.90. The third kappa shape index (κ3) is 0.926. The number of aliphatic imine (C=N–C) groups is 1. The number of hydrogen-bond donors (Lipinski definition) is 1. The number of hydrogen-bond acceptors (Lipinski definition) is 3. The van der Waals surface area contributed by atoms with E-state index in [-0.39, 0.29) is 0 Å². The minimum Gasteiger partial charge on any atom is -0.368 e. The largest absolute Gasteiger partial charge is 0.368 e. The van der Waals surface area contributed by atoms with Crippen LogP contribution >= 0.6 is 11.8 Å². The van der Waals surface area contributed by atoms with Crippen molar-refractivity contribution >= 4 is 16.9 Å². The highest BCUT2D eigenvalue weighted by Crippen LogP contribution is 2.37. The number of nitrogens with one attached hydrogen (secondary N) is 1. The summed E-state index contributed by atoms with van der Waals surface area (Å²) >= 11 is 1.92. The van der Waals surface area contributed by atoms with Gasteiger partial charge in [0.05, 0.1) is 6.04 Å². The molecule has 1 heterocycles. The van der Waals surface area contributed by atoms with Crippen molar-refractivity contribution in [1.29, 1.82) is 0 Å². The third-order valence-electron chi connectivity index (χ3n) is 2.18. The Balaban J connectivity index is 2.06. The zero-order valence-corrected chi connectivity index (χ0v) is 6.95. The van der Waals surface area contributed by atoms with Gasteiger partial charge in [-0.25, -0.2) is 0 Å². The Bertz CT molecular complexity index is 167. The lowest BCUT2D eigenvalue weighted by atomic mass is 10.3. The van der Waals surface area contributed by atoms with E-state index in [0.717, 1.165) is 10.4 Å². The first-order valence-electron chi connectivity index (χ1n) is 3.82. The summed E-state index contributed by atoms with van der Waals surface area (Å²) in [6.45, 7) is 0. The fourth-order valence-corrected chi connectivity index (χ4v) is 2.88. The molecule has 2 unspecified atom stereocenters. The van der Waals surface area contributed by atoms with Crippen molar-refractivity contribution in [1.82, 2.24) is 5.32 Å². The molecule has 1 aliphatic carbocycles.